The van der Waals surface area contributed by atoms with E-state index < -0.39 is 0 Å². The molecule has 0 bridgehead atoms. The van der Waals surface area contributed by atoms with E-state index in [-0.39, 0.29) is 5.91 Å². The number of aryl methyl sites for hydroxylation is 1. The Morgan fingerprint density at radius 3 is 2.77 bits per heavy atom. The van der Waals surface area contributed by atoms with Crippen molar-refractivity contribution in [1.29, 1.82) is 0 Å². The van der Waals surface area contributed by atoms with Crippen LogP contribution >= 0.6 is 23.5 Å². The third-order valence-electron chi connectivity index (χ3n) is 4.57. The molecule has 0 radical (unpaired) electrons. The Balaban J connectivity index is 1.36. The van der Waals surface area contributed by atoms with Crippen LogP contribution in [0.5, 0.6) is 0 Å². The van der Waals surface area contributed by atoms with Gasteiger partial charge in [0.2, 0.25) is 0 Å². The van der Waals surface area contributed by atoms with Crippen molar-refractivity contribution >= 4 is 40.4 Å². The van der Waals surface area contributed by atoms with Gasteiger partial charge in [-0.1, -0.05) is 59.8 Å². The standard InChI is InChI=1S/C22H22N4O2S2/c1-15-6-8-16(9-7-15)12-29-11-10-23-21(27)20-18(13-30-22-24-14-25-26-22)17-4-2-3-5-19(17)28-20/h2-9,14H,10-13H2,1H3,(H,23,27)(H,24,25,26). The number of thioether (sulfide) groups is 2. The second kappa shape index (κ2) is 9.86. The second-order valence-corrected chi connectivity index (χ2v) is 8.85. The molecule has 2 aromatic heterocycles. The van der Waals surface area contributed by atoms with Crippen molar-refractivity contribution in [2.75, 3.05) is 12.3 Å². The van der Waals surface area contributed by atoms with E-state index in [2.05, 4.69) is 51.7 Å². The average Bonchev–Trinajstić information content (AvgIpc) is 3.41. The topological polar surface area (TPSA) is 83.8 Å². The van der Waals surface area contributed by atoms with Crippen molar-refractivity contribution in [3.8, 4) is 0 Å². The predicted molar refractivity (Wildman–Crippen MR) is 122 cm³/mol. The first-order valence-corrected chi connectivity index (χ1v) is 11.7. The Bertz CT molecular complexity index is 1110. The number of aromatic amines is 1. The van der Waals surface area contributed by atoms with Gasteiger partial charge < -0.3 is 9.73 Å². The first kappa shape index (κ1) is 20.6. The molecule has 1 amide bonds. The lowest BCUT2D eigenvalue weighted by Crippen LogP contribution is -2.26. The van der Waals surface area contributed by atoms with Gasteiger partial charge in [0, 0.05) is 34.8 Å². The number of carbonyl (C=O) groups excluding carboxylic acids is 1. The summed E-state index contributed by atoms with van der Waals surface area (Å²) in [5.41, 5.74) is 4.14. The summed E-state index contributed by atoms with van der Waals surface area (Å²) < 4.78 is 5.89. The van der Waals surface area contributed by atoms with Crippen molar-refractivity contribution in [2.45, 2.75) is 23.6 Å². The number of nitrogens with zero attached hydrogens (tertiary/aromatic N) is 2. The van der Waals surface area contributed by atoms with Crippen LogP contribution in [0.2, 0.25) is 0 Å². The number of carbonyl (C=O) groups is 1. The molecule has 2 aromatic carbocycles. The van der Waals surface area contributed by atoms with Crippen LogP contribution in [0.4, 0.5) is 0 Å². The molecule has 0 aliphatic carbocycles. The van der Waals surface area contributed by atoms with Crippen LogP contribution in [0.25, 0.3) is 11.0 Å². The Morgan fingerprint density at radius 1 is 1.13 bits per heavy atom. The van der Waals surface area contributed by atoms with E-state index >= 15 is 0 Å². The minimum Gasteiger partial charge on any atom is -0.451 e. The highest BCUT2D eigenvalue weighted by Gasteiger charge is 2.20. The Hall–Kier alpha value is -2.71. The van der Waals surface area contributed by atoms with E-state index in [4.69, 9.17) is 4.42 Å². The summed E-state index contributed by atoms with van der Waals surface area (Å²) in [6, 6.07) is 16.2. The highest BCUT2D eigenvalue weighted by atomic mass is 32.2. The fourth-order valence-electron chi connectivity index (χ4n) is 3.02. The average molecular weight is 439 g/mol. The highest BCUT2D eigenvalue weighted by molar-refractivity contribution is 7.98. The fraction of sp³-hybridized carbons (Fsp3) is 0.227. The molecular weight excluding hydrogens is 416 g/mol. The molecule has 8 heteroatoms. The molecule has 6 nitrogen and oxygen atoms in total. The van der Waals surface area contributed by atoms with Crippen LogP contribution in [0, 0.1) is 6.92 Å². The minimum atomic E-state index is -0.185. The maximum absolute atomic E-state index is 12.8. The molecule has 2 N–H and O–H groups in total. The van der Waals surface area contributed by atoms with Crippen molar-refractivity contribution in [3.63, 3.8) is 0 Å². The molecule has 0 saturated carbocycles. The van der Waals surface area contributed by atoms with Crippen molar-refractivity contribution in [3.05, 3.63) is 77.3 Å². The predicted octanol–water partition coefficient (Wildman–Crippen LogP) is 4.81. The smallest absolute Gasteiger partial charge is 0.287 e. The highest BCUT2D eigenvalue weighted by Crippen LogP contribution is 2.30. The molecule has 0 aliphatic heterocycles. The first-order chi connectivity index (χ1) is 14.7. The third-order valence-corrected chi connectivity index (χ3v) is 6.51. The molecule has 0 atom stereocenters. The number of hydrogen-bond acceptors (Lipinski definition) is 6. The number of nitrogens with one attached hydrogen (secondary N) is 2. The first-order valence-electron chi connectivity index (χ1n) is 9.61. The summed E-state index contributed by atoms with van der Waals surface area (Å²) in [6.07, 6.45) is 1.47. The summed E-state index contributed by atoms with van der Waals surface area (Å²) in [5.74, 6) is 2.51. The van der Waals surface area contributed by atoms with Crippen LogP contribution in [-0.4, -0.2) is 33.4 Å². The molecule has 30 heavy (non-hydrogen) atoms. The zero-order chi connectivity index (χ0) is 20.8. The molecule has 0 spiro atoms. The van der Waals surface area contributed by atoms with E-state index in [9.17, 15) is 4.79 Å². The molecule has 0 aliphatic rings. The zero-order valence-corrected chi connectivity index (χ0v) is 18.2. The van der Waals surface area contributed by atoms with Gasteiger partial charge in [-0.3, -0.25) is 9.89 Å². The van der Waals surface area contributed by atoms with Crippen LogP contribution in [0.15, 0.2) is 64.4 Å². The minimum absolute atomic E-state index is 0.185. The van der Waals surface area contributed by atoms with Crippen LogP contribution in [0.3, 0.4) is 0 Å². The number of hydrogen-bond donors (Lipinski definition) is 2. The van der Waals surface area contributed by atoms with Gasteiger partial charge in [0.05, 0.1) is 0 Å². The van der Waals surface area contributed by atoms with Crippen LogP contribution < -0.4 is 5.32 Å². The van der Waals surface area contributed by atoms with E-state index in [0.717, 1.165) is 22.5 Å². The Labute approximate surface area is 183 Å². The number of H-pyrrole nitrogens is 1. The SMILES string of the molecule is Cc1ccc(CSCCNC(=O)c2oc3ccccc3c2CSc2ncn[nH]2)cc1. The fourth-order valence-corrected chi connectivity index (χ4v) is 4.65. The monoisotopic (exact) mass is 438 g/mol. The molecule has 4 aromatic rings. The number of para-hydroxylation sites is 1. The molecule has 4 rings (SSSR count). The molecule has 0 unspecified atom stereocenters. The van der Waals surface area contributed by atoms with Gasteiger partial charge >= 0.3 is 0 Å². The van der Waals surface area contributed by atoms with Gasteiger partial charge in [0.1, 0.15) is 11.9 Å². The normalized spacial score (nSPS) is 11.1. The van der Waals surface area contributed by atoms with Gasteiger partial charge in [0.25, 0.3) is 5.91 Å². The second-order valence-electron chi connectivity index (χ2n) is 6.78. The van der Waals surface area contributed by atoms with Crippen molar-refractivity contribution < 1.29 is 9.21 Å². The summed E-state index contributed by atoms with van der Waals surface area (Å²) >= 11 is 3.29. The zero-order valence-electron chi connectivity index (χ0n) is 16.6. The van der Waals surface area contributed by atoms with Gasteiger partial charge in [-0.2, -0.15) is 16.9 Å². The van der Waals surface area contributed by atoms with Gasteiger partial charge in [0.15, 0.2) is 10.9 Å². The number of aromatic nitrogens is 3. The van der Waals surface area contributed by atoms with E-state index in [0.29, 0.717) is 28.8 Å². The van der Waals surface area contributed by atoms with Crippen LogP contribution in [0.1, 0.15) is 27.2 Å². The van der Waals surface area contributed by atoms with Crippen LogP contribution in [-0.2, 0) is 11.5 Å². The Kier molecular flexibility index (Phi) is 6.76. The summed E-state index contributed by atoms with van der Waals surface area (Å²) in [4.78, 5) is 16.9. The van der Waals surface area contributed by atoms with Crippen molar-refractivity contribution in [1.82, 2.24) is 20.5 Å². The number of benzene rings is 2. The third kappa shape index (κ3) is 5.06. The van der Waals surface area contributed by atoms with Gasteiger partial charge in [-0.05, 0) is 18.6 Å². The molecule has 0 saturated heterocycles. The van der Waals surface area contributed by atoms with E-state index in [1.807, 2.05) is 24.3 Å². The lowest BCUT2D eigenvalue weighted by Gasteiger charge is -2.06. The van der Waals surface area contributed by atoms with Gasteiger partial charge in [-0.15, -0.1) is 0 Å². The molecule has 0 fully saturated rings. The van der Waals surface area contributed by atoms with E-state index in [1.54, 1.807) is 11.8 Å². The number of fused-ring (bicyclic) bond motifs is 1. The molecular formula is C22H22N4O2S2. The quantitative estimate of drug-likeness (QED) is 0.288. The number of rotatable bonds is 9. The summed E-state index contributed by atoms with van der Waals surface area (Å²) in [7, 11) is 0. The molecule has 154 valence electrons. The lowest BCUT2D eigenvalue weighted by atomic mass is 10.1. The number of amides is 1. The number of furan rings is 1. The van der Waals surface area contributed by atoms with Gasteiger partial charge in [-0.25, -0.2) is 4.98 Å². The largest absolute Gasteiger partial charge is 0.451 e. The summed E-state index contributed by atoms with van der Waals surface area (Å²) in [6.45, 7) is 2.67. The molecule has 2 heterocycles. The maximum atomic E-state index is 12.8. The van der Waals surface area contributed by atoms with Crippen molar-refractivity contribution in [2.24, 2.45) is 0 Å². The van der Waals surface area contributed by atoms with E-state index in [1.165, 1.54) is 29.2 Å². The summed E-state index contributed by atoms with van der Waals surface area (Å²) in [5, 5.41) is 11.3. The maximum Gasteiger partial charge on any atom is 0.287 e. The Morgan fingerprint density at radius 2 is 1.97 bits per heavy atom. The lowest BCUT2D eigenvalue weighted by molar-refractivity contribution is 0.0929.